The fourth-order valence-corrected chi connectivity index (χ4v) is 2.60. The fraction of sp³-hybridized carbons (Fsp3) is 0.333. The predicted octanol–water partition coefficient (Wildman–Crippen LogP) is 3.29. The minimum absolute atomic E-state index is 0.0833. The summed E-state index contributed by atoms with van der Waals surface area (Å²) >= 11 is 0. The minimum Gasteiger partial charge on any atom is -0.492 e. The monoisotopic (exact) mass is 369 g/mol. The molecule has 2 N–H and O–H groups in total. The Labute approximate surface area is 160 Å². The van der Waals surface area contributed by atoms with Crippen LogP contribution in [-0.4, -0.2) is 43.0 Å². The summed E-state index contributed by atoms with van der Waals surface area (Å²) in [5, 5.41) is 5.56. The van der Waals surface area contributed by atoms with Crippen molar-refractivity contribution in [3.8, 4) is 5.75 Å². The third-order valence-corrected chi connectivity index (χ3v) is 4.06. The first-order valence-electron chi connectivity index (χ1n) is 9.06. The number of benzene rings is 2. The smallest absolute Gasteiger partial charge is 0.238 e. The van der Waals surface area contributed by atoms with E-state index in [1.165, 1.54) is 6.92 Å². The normalized spacial score (nSPS) is 10.5. The second kappa shape index (κ2) is 10.3. The van der Waals surface area contributed by atoms with Gasteiger partial charge in [-0.05, 0) is 49.4 Å². The highest BCUT2D eigenvalue weighted by atomic mass is 16.5. The second-order valence-corrected chi connectivity index (χ2v) is 6.29. The number of aryl methyl sites for hydroxylation is 1. The maximum Gasteiger partial charge on any atom is 0.238 e. The van der Waals surface area contributed by atoms with Gasteiger partial charge in [0, 0.05) is 24.8 Å². The van der Waals surface area contributed by atoms with Crippen molar-refractivity contribution in [1.29, 1.82) is 0 Å². The number of anilines is 2. The summed E-state index contributed by atoms with van der Waals surface area (Å²) in [5.41, 5.74) is 2.49. The third-order valence-electron chi connectivity index (χ3n) is 4.06. The molecule has 2 aromatic rings. The first kappa shape index (κ1) is 20.5. The van der Waals surface area contributed by atoms with Crippen molar-refractivity contribution in [2.45, 2.75) is 20.8 Å². The van der Waals surface area contributed by atoms with Gasteiger partial charge < -0.3 is 15.4 Å². The number of carbonyl (C=O) groups excluding carboxylic acids is 2. The SMILES string of the molecule is CCN(CCOc1ccccc1C)CC(=O)Nc1ccc(NC(C)=O)cc1. The van der Waals surface area contributed by atoms with Gasteiger partial charge in [-0.25, -0.2) is 0 Å². The van der Waals surface area contributed by atoms with Gasteiger partial charge in [-0.2, -0.15) is 0 Å². The van der Waals surface area contributed by atoms with Crippen molar-refractivity contribution in [2.24, 2.45) is 0 Å². The summed E-state index contributed by atoms with van der Waals surface area (Å²) in [6.07, 6.45) is 0. The number of nitrogens with one attached hydrogen (secondary N) is 2. The van der Waals surface area contributed by atoms with Gasteiger partial charge in [-0.1, -0.05) is 25.1 Å². The molecule has 2 amide bonds. The van der Waals surface area contributed by atoms with Gasteiger partial charge in [0.05, 0.1) is 6.54 Å². The number of rotatable bonds is 9. The molecule has 0 spiro atoms. The Morgan fingerprint density at radius 3 is 2.22 bits per heavy atom. The average molecular weight is 369 g/mol. The van der Waals surface area contributed by atoms with Crippen LogP contribution in [0.5, 0.6) is 5.75 Å². The Hall–Kier alpha value is -2.86. The number of ether oxygens (including phenoxy) is 1. The zero-order valence-electron chi connectivity index (χ0n) is 16.1. The number of hydrogen-bond acceptors (Lipinski definition) is 4. The molecular formula is C21H27N3O3. The molecule has 0 aromatic heterocycles. The van der Waals surface area contributed by atoms with E-state index < -0.39 is 0 Å². The molecule has 0 aliphatic heterocycles. The summed E-state index contributed by atoms with van der Waals surface area (Å²) in [6.45, 7) is 7.73. The number of para-hydroxylation sites is 1. The first-order chi connectivity index (χ1) is 13.0. The Morgan fingerprint density at radius 2 is 1.63 bits per heavy atom. The number of amides is 2. The lowest BCUT2D eigenvalue weighted by atomic mass is 10.2. The molecular weight excluding hydrogens is 342 g/mol. The van der Waals surface area contributed by atoms with Crippen LogP contribution in [-0.2, 0) is 9.59 Å². The topological polar surface area (TPSA) is 70.7 Å². The first-order valence-corrected chi connectivity index (χ1v) is 9.06. The molecule has 2 aromatic carbocycles. The van der Waals surface area contributed by atoms with Crippen LogP contribution < -0.4 is 15.4 Å². The molecule has 0 unspecified atom stereocenters. The molecule has 0 bridgehead atoms. The van der Waals surface area contributed by atoms with Crippen LogP contribution in [0.4, 0.5) is 11.4 Å². The van der Waals surface area contributed by atoms with Crippen LogP contribution in [0.1, 0.15) is 19.4 Å². The average Bonchev–Trinajstić information content (AvgIpc) is 2.63. The Morgan fingerprint density at radius 1 is 1.00 bits per heavy atom. The van der Waals surface area contributed by atoms with E-state index in [0.717, 1.165) is 17.9 Å². The van der Waals surface area contributed by atoms with Crippen molar-refractivity contribution in [3.05, 3.63) is 54.1 Å². The highest BCUT2D eigenvalue weighted by molar-refractivity contribution is 5.93. The molecule has 0 aliphatic carbocycles. The molecule has 0 saturated heterocycles. The Balaban J connectivity index is 1.78. The van der Waals surface area contributed by atoms with E-state index in [1.807, 2.05) is 43.0 Å². The molecule has 27 heavy (non-hydrogen) atoms. The van der Waals surface area contributed by atoms with Crippen molar-refractivity contribution < 1.29 is 14.3 Å². The van der Waals surface area contributed by atoms with Crippen molar-refractivity contribution >= 4 is 23.2 Å². The molecule has 0 heterocycles. The molecule has 2 rings (SSSR count). The largest absolute Gasteiger partial charge is 0.492 e. The van der Waals surface area contributed by atoms with E-state index in [9.17, 15) is 9.59 Å². The van der Waals surface area contributed by atoms with Gasteiger partial charge in [0.1, 0.15) is 12.4 Å². The molecule has 0 saturated carbocycles. The van der Waals surface area contributed by atoms with Gasteiger partial charge in [0.2, 0.25) is 11.8 Å². The number of likely N-dealkylation sites (N-methyl/N-ethyl adjacent to an activating group) is 1. The van der Waals surface area contributed by atoms with Crippen molar-refractivity contribution in [2.75, 3.05) is 36.9 Å². The van der Waals surface area contributed by atoms with E-state index >= 15 is 0 Å². The van der Waals surface area contributed by atoms with Crippen LogP contribution in [0.3, 0.4) is 0 Å². The maximum absolute atomic E-state index is 12.3. The van der Waals surface area contributed by atoms with Crippen molar-refractivity contribution in [3.63, 3.8) is 0 Å². The van der Waals surface area contributed by atoms with Gasteiger partial charge in [0.15, 0.2) is 0 Å². The molecule has 0 atom stereocenters. The summed E-state index contributed by atoms with van der Waals surface area (Å²) < 4.78 is 5.81. The van der Waals surface area contributed by atoms with Gasteiger partial charge >= 0.3 is 0 Å². The van der Waals surface area contributed by atoms with Gasteiger partial charge in [0.25, 0.3) is 0 Å². The molecule has 6 nitrogen and oxygen atoms in total. The lowest BCUT2D eigenvalue weighted by Gasteiger charge is -2.20. The minimum atomic E-state index is -0.127. The van der Waals surface area contributed by atoms with Crippen LogP contribution in [0, 0.1) is 6.92 Å². The Kier molecular flexibility index (Phi) is 7.82. The standard InChI is InChI=1S/C21H27N3O3/c1-4-24(13-14-27-20-8-6-5-7-16(20)2)15-21(26)23-19-11-9-18(10-12-19)22-17(3)25/h5-12H,4,13-15H2,1-3H3,(H,22,25)(H,23,26). The molecule has 0 aliphatic rings. The van der Waals surface area contributed by atoms with Gasteiger partial charge in [-0.3, -0.25) is 14.5 Å². The molecule has 0 fully saturated rings. The molecule has 144 valence electrons. The Bertz CT molecular complexity index is 760. The molecule has 0 radical (unpaired) electrons. The lowest BCUT2D eigenvalue weighted by molar-refractivity contribution is -0.117. The highest BCUT2D eigenvalue weighted by Gasteiger charge is 2.10. The van der Waals surface area contributed by atoms with E-state index in [0.29, 0.717) is 31.1 Å². The quantitative estimate of drug-likeness (QED) is 0.712. The summed E-state index contributed by atoms with van der Waals surface area (Å²) in [4.78, 5) is 25.3. The van der Waals surface area contributed by atoms with E-state index in [4.69, 9.17) is 4.74 Å². The van der Waals surface area contributed by atoms with Crippen LogP contribution in [0.2, 0.25) is 0 Å². The highest BCUT2D eigenvalue weighted by Crippen LogP contribution is 2.16. The predicted molar refractivity (Wildman–Crippen MR) is 108 cm³/mol. The van der Waals surface area contributed by atoms with E-state index in [1.54, 1.807) is 24.3 Å². The maximum atomic E-state index is 12.3. The van der Waals surface area contributed by atoms with Crippen LogP contribution in [0.25, 0.3) is 0 Å². The lowest BCUT2D eigenvalue weighted by Crippen LogP contribution is -2.36. The second-order valence-electron chi connectivity index (χ2n) is 6.29. The summed E-state index contributed by atoms with van der Waals surface area (Å²) in [6, 6.07) is 14.9. The third kappa shape index (κ3) is 7.11. The summed E-state index contributed by atoms with van der Waals surface area (Å²) in [5.74, 6) is 0.663. The van der Waals surface area contributed by atoms with Crippen LogP contribution >= 0.6 is 0 Å². The number of nitrogens with zero attached hydrogens (tertiary/aromatic N) is 1. The summed E-state index contributed by atoms with van der Waals surface area (Å²) in [7, 11) is 0. The van der Waals surface area contributed by atoms with Crippen LogP contribution in [0.15, 0.2) is 48.5 Å². The fourth-order valence-electron chi connectivity index (χ4n) is 2.60. The zero-order valence-corrected chi connectivity index (χ0v) is 16.1. The number of carbonyl (C=O) groups is 2. The van der Waals surface area contributed by atoms with E-state index in [2.05, 4.69) is 10.6 Å². The van der Waals surface area contributed by atoms with E-state index in [-0.39, 0.29) is 11.8 Å². The molecule has 6 heteroatoms. The zero-order chi connectivity index (χ0) is 19.6. The van der Waals surface area contributed by atoms with Crippen molar-refractivity contribution in [1.82, 2.24) is 4.90 Å². The van der Waals surface area contributed by atoms with Gasteiger partial charge in [-0.15, -0.1) is 0 Å². The number of hydrogen-bond donors (Lipinski definition) is 2.